The lowest BCUT2D eigenvalue weighted by Crippen LogP contribution is -2.46. The summed E-state index contributed by atoms with van der Waals surface area (Å²) in [5.74, 6) is -0.112. The second kappa shape index (κ2) is 10.5. The van der Waals surface area contributed by atoms with Gasteiger partial charge in [-0.25, -0.2) is 0 Å². The van der Waals surface area contributed by atoms with E-state index in [4.69, 9.17) is 0 Å². The van der Waals surface area contributed by atoms with E-state index >= 15 is 0 Å². The number of anilines is 1. The van der Waals surface area contributed by atoms with Gasteiger partial charge in [-0.15, -0.1) is 11.3 Å². The fourth-order valence-electron chi connectivity index (χ4n) is 4.01. The highest BCUT2D eigenvalue weighted by atomic mass is 32.1. The SMILES string of the molecule is CN(C(=O)c1ccc(NC(=O)c2cccs2)cc1)C1CCN(CCc2ccccn2)CC1. The maximum Gasteiger partial charge on any atom is 0.265 e. The van der Waals surface area contributed by atoms with Gasteiger partial charge in [0, 0.05) is 62.3 Å². The molecule has 7 heteroatoms. The van der Waals surface area contributed by atoms with Gasteiger partial charge < -0.3 is 15.1 Å². The maximum absolute atomic E-state index is 13.0. The Kier molecular flexibility index (Phi) is 7.29. The second-order valence-corrected chi connectivity index (χ2v) is 9.02. The van der Waals surface area contributed by atoms with Crippen LogP contribution in [0.4, 0.5) is 5.69 Å². The van der Waals surface area contributed by atoms with Crippen molar-refractivity contribution in [1.29, 1.82) is 0 Å². The molecule has 1 aliphatic rings. The number of nitrogens with zero attached hydrogens (tertiary/aromatic N) is 3. The van der Waals surface area contributed by atoms with Gasteiger partial charge in [0.2, 0.25) is 0 Å². The molecule has 1 fully saturated rings. The Balaban J connectivity index is 1.26. The van der Waals surface area contributed by atoms with Crippen molar-refractivity contribution in [3.8, 4) is 0 Å². The Morgan fingerprint density at radius 2 is 1.88 bits per heavy atom. The van der Waals surface area contributed by atoms with Crippen molar-refractivity contribution in [2.75, 3.05) is 32.0 Å². The van der Waals surface area contributed by atoms with Crippen LogP contribution in [0.1, 0.15) is 38.6 Å². The predicted octanol–water partition coefficient (Wildman–Crippen LogP) is 4.17. The molecular formula is C25H28N4O2S. The molecule has 0 bridgehead atoms. The summed E-state index contributed by atoms with van der Waals surface area (Å²) in [6.45, 7) is 2.98. The number of piperidine rings is 1. The van der Waals surface area contributed by atoms with Crippen molar-refractivity contribution in [3.05, 3.63) is 82.3 Å². The summed E-state index contributed by atoms with van der Waals surface area (Å²) >= 11 is 1.40. The number of benzene rings is 1. The minimum Gasteiger partial charge on any atom is -0.339 e. The summed E-state index contributed by atoms with van der Waals surface area (Å²) < 4.78 is 0. The number of amides is 2. The summed E-state index contributed by atoms with van der Waals surface area (Å²) in [6.07, 6.45) is 4.74. The van der Waals surface area contributed by atoms with Crippen LogP contribution in [-0.2, 0) is 6.42 Å². The van der Waals surface area contributed by atoms with Crippen LogP contribution in [0.15, 0.2) is 66.2 Å². The molecule has 1 N–H and O–H groups in total. The van der Waals surface area contributed by atoms with E-state index in [0.29, 0.717) is 16.1 Å². The molecule has 3 heterocycles. The molecule has 1 saturated heterocycles. The smallest absolute Gasteiger partial charge is 0.265 e. The van der Waals surface area contributed by atoms with E-state index in [2.05, 4.69) is 21.3 Å². The van der Waals surface area contributed by atoms with Gasteiger partial charge in [0.05, 0.1) is 4.88 Å². The molecule has 4 rings (SSSR count). The number of carbonyl (C=O) groups excluding carboxylic acids is 2. The summed E-state index contributed by atoms with van der Waals surface area (Å²) in [6, 6.07) is 17.1. The van der Waals surface area contributed by atoms with Gasteiger partial charge in [0.1, 0.15) is 0 Å². The molecule has 6 nitrogen and oxygen atoms in total. The van der Waals surface area contributed by atoms with Crippen molar-refractivity contribution in [1.82, 2.24) is 14.8 Å². The first-order valence-corrected chi connectivity index (χ1v) is 11.8. The predicted molar refractivity (Wildman–Crippen MR) is 128 cm³/mol. The van der Waals surface area contributed by atoms with Crippen LogP contribution < -0.4 is 5.32 Å². The number of hydrogen-bond donors (Lipinski definition) is 1. The van der Waals surface area contributed by atoms with Crippen molar-refractivity contribution in [2.24, 2.45) is 0 Å². The summed E-state index contributed by atoms with van der Waals surface area (Å²) in [5.41, 5.74) is 2.44. The molecule has 3 aromatic rings. The van der Waals surface area contributed by atoms with Crippen LogP contribution in [0.25, 0.3) is 0 Å². The molecule has 0 spiro atoms. The number of likely N-dealkylation sites (tertiary alicyclic amines) is 1. The summed E-state index contributed by atoms with van der Waals surface area (Å²) in [4.78, 5) is 34.5. The average Bonchev–Trinajstić information content (AvgIpc) is 3.39. The van der Waals surface area contributed by atoms with E-state index in [1.165, 1.54) is 11.3 Å². The summed E-state index contributed by atoms with van der Waals surface area (Å²) in [7, 11) is 1.89. The van der Waals surface area contributed by atoms with Crippen molar-refractivity contribution in [3.63, 3.8) is 0 Å². The minimum absolute atomic E-state index is 0.0214. The van der Waals surface area contributed by atoms with Crippen molar-refractivity contribution < 1.29 is 9.59 Å². The molecule has 0 radical (unpaired) electrons. The Bertz CT molecular complexity index is 1010. The van der Waals surface area contributed by atoms with E-state index < -0.39 is 0 Å². The number of nitrogens with one attached hydrogen (secondary N) is 1. The van der Waals surface area contributed by atoms with E-state index in [1.807, 2.05) is 41.7 Å². The Morgan fingerprint density at radius 3 is 2.53 bits per heavy atom. The molecule has 32 heavy (non-hydrogen) atoms. The first kappa shape index (κ1) is 22.2. The highest BCUT2D eigenvalue weighted by Gasteiger charge is 2.26. The molecule has 0 saturated carbocycles. The number of hydrogen-bond acceptors (Lipinski definition) is 5. The maximum atomic E-state index is 13.0. The summed E-state index contributed by atoms with van der Waals surface area (Å²) in [5, 5.41) is 4.74. The molecule has 0 aliphatic carbocycles. The van der Waals surface area contributed by atoms with Gasteiger partial charge in [-0.2, -0.15) is 0 Å². The second-order valence-electron chi connectivity index (χ2n) is 8.07. The topological polar surface area (TPSA) is 65.5 Å². The Hall–Kier alpha value is -3.03. The lowest BCUT2D eigenvalue weighted by molar-refractivity contribution is 0.0643. The normalized spacial score (nSPS) is 14.8. The fraction of sp³-hybridized carbons (Fsp3) is 0.320. The molecule has 0 unspecified atom stereocenters. The van der Waals surface area contributed by atoms with Crippen LogP contribution in [0.5, 0.6) is 0 Å². The third-order valence-electron chi connectivity index (χ3n) is 5.97. The van der Waals surface area contributed by atoms with E-state index in [-0.39, 0.29) is 17.9 Å². The zero-order valence-electron chi connectivity index (χ0n) is 18.2. The van der Waals surface area contributed by atoms with E-state index in [0.717, 1.165) is 44.6 Å². The van der Waals surface area contributed by atoms with Gasteiger partial charge in [0.15, 0.2) is 0 Å². The molecule has 166 valence electrons. The van der Waals surface area contributed by atoms with Crippen LogP contribution in [0.3, 0.4) is 0 Å². The zero-order valence-corrected chi connectivity index (χ0v) is 19.1. The van der Waals surface area contributed by atoms with Crippen LogP contribution in [-0.4, -0.2) is 59.3 Å². The van der Waals surface area contributed by atoms with Crippen molar-refractivity contribution in [2.45, 2.75) is 25.3 Å². The Labute approximate surface area is 192 Å². The van der Waals surface area contributed by atoms with Gasteiger partial charge in [-0.05, 0) is 60.7 Å². The molecule has 2 amide bonds. The first-order chi connectivity index (χ1) is 15.6. The molecule has 0 atom stereocenters. The molecule has 1 aromatic carbocycles. The molecule has 2 aromatic heterocycles. The van der Waals surface area contributed by atoms with Crippen molar-refractivity contribution >= 4 is 28.8 Å². The number of carbonyl (C=O) groups is 2. The number of pyridine rings is 1. The average molecular weight is 449 g/mol. The van der Waals surface area contributed by atoms with Gasteiger partial charge in [0.25, 0.3) is 11.8 Å². The lowest BCUT2D eigenvalue weighted by Gasteiger charge is -2.36. The number of aromatic nitrogens is 1. The Morgan fingerprint density at radius 1 is 1.09 bits per heavy atom. The van der Waals surface area contributed by atoms with Crippen LogP contribution >= 0.6 is 11.3 Å². The van der Waals surface area contributed by atoms with Gasteiger partial charge in [-0.3, -0.25) is 14.6 Å². The van der Waals surface area contributed by atoms with Crippen LogP contribution in [0, 0.1) is 0 Å². The highest BCUT2D eigenvalue weighted by molar-refractivity contribution is 7.12. The highest BCUT2D eigenvalue weighted by Crippen LogP contribution is 2.20. The molecule has 1 aliphatic heterocycles. The number of thiophene rings is 1. The van der Waals surface area contributed by atoms with E-state index in [9.17, 15) is 9.59 Å². The van der Waals surface area contributed by atoms with Gasteiger partial charge in [-0.1, -0.05) is 12.1 Å². The first-order valence-electron chi connectivity index (χ1n) is 10.9. The monoisotopic (exact) mass is 448 g/mol. The van der Waals surface area contributed by atoms with Gasteiger partial charge >= 0.3 is 0 Å². The zero-order chi connectivity index (χ0) is 22.3. The fourth-order valence-corrected chi connectivity index (χ4v) is 4.63. The third-order valence-corrected chi connectivity index (χ3v) is 6.84. The van der Waals surface area contributed by atoms with Crippen LogP contribution in [0.2, 0.25) is 0 Å². The minimum atomic E-state index is -0.133. The molecular weight excluding hydrogens is 420 g/mol. The lowest BCUT2D eigenvalue weighted by atomic mass is 10.0. The third kappa shape index (κ3) is 5.60. The van der Waals surface area contributed by atoms with E-state index in [1.54, 1.807) is 30.3 Å². The number of rotatable bonds is 7. The standard InChI is InChI=1S/C25H28N4O2S/c1-28(22-12-16-29(17-13-22)15-11-20-5-2-3-14-26-20)25(31)19-7-9-21(10-8-19)27-24(30)23-6-4-18-32-23/h2-10,14,18,22H,11-13,15-17H2,1H3,(H,27,30). The quantitative estimate of drug-likeness (QED) is 0.589. The largest absolute Gasteiger partial charge is 0.339 e.